The Labute approximate surface area is 105 Å². The number of aromatic amines is 1. The standard InChI is InChI=1S/C10H19N5O3/c1-3-6(18-5-4-16)13-8-7(12-2)9(17)15-10(11)14-8/h6,12,16H,3-5H2,1-2H3,(H4,11,13,14,15,17)/t6-/m1/s1. The lowest BCUT2D eigenvalue weighted by Crippen LogP contribution is -2.27. The number of nitrogens with two attached hydrogens (primary N) is 1. The lowest BCUT2D eigenvalue weighted by Gasteiger charge is -2.19. The van der Waals surface area contributed by atoms with Gasteiger partial charge >= 0.3 is 0 Å². The number of rotatable bonds is 7. The smallest absolute Gasteiger partial charge is 0.277 e. The van der Waals surface area contributed by atoms with E-state index in [1.54, 1.807) is 7.05 Å². The summed E-state index contributed by atoms with van der Waals surface area (Å²) in [6.45, 7) is 2.05. The first kappa shape index (κ1) is 14.3. The zero-order valence-corrected chi connectivity index (χ0v) is 10.5. The van der Waals surface area contributed by atoms with Crippen LogP contribution >= 0.6 is 0 Å². The molecule has 0 spiro atoms. The van der Waals surface area contributed by atoms with E-state index < -0.39 is 0 Å². The molecule has 18 heavy (non-hydrogen) atoms. The number of nitrogen functional groups attached to an aromatic ring is 1. The van der Waals surface area contributed by atoms with E-state index in [2.05, 4.69) is 20.6 Å². The van der Waals surface area contributed by atoms with Crippen molar-refractivity contribution >= 4 is 17.5 Å². The van der Waals surface area contributed by atoms with E-state index in [9.17, 15) is 4.79 Å². The predicted octanol–water partition coefficient (Wildman–Crippen LogP) is -0.449. The fraction of sp³-hybridized carbons (Fsp3) is 0.600. The summed E-state index contributed by atoms with van der Waals surface area (Å²) >= 11 is 0. The van der Waals surface area contributed by atoms with Crippen LogP contribution < -0.4 is 21.9 Å². The minimum atomic E-state index is -0.357. The largest absolute Gasteiger partial charge is 0.394 e. The maximum Gasteiger partial charge on any atom is 0.277 e. The second kappa shape index (κ2) is 6.82. The lowest BCUT2D eigenvalue weighted by molar-refractivity contribution is 0.0422. The van der Waals surface area contributed by atoms with E-state index >= 15 is 0 Å². The summed E-state index contributed by atoms with van der Waals surface area (Å²) < 4.78 is 5.34. The average Bonchev–Trinajstić information content (AvgIpc) is 2.33. The van der Waals surface area contributed by atoms with Gasteiger partial charge < -0.3 is 26.2 Å². The highest BCUT2D eigenvalue weighted by Crippen LogP contribution is 2.16. The van der Waals surface area contributed by atoms with Crippen LogP contribution in [-0.4, -0.2) is 41.6 Å². The highest BCUT2D eigenvalue weighted by atomic mass is 16.5. The first-order chi connectivity index (χ1) is 8.62. The van der Waals surface area contributed by atoms with Crippen molar-refractivity contribution in [2.75, 3.05) is 36.6 Å². The van der Waals surface area contributed by atoms with Crippen LogP contribution in [0.25, 0.3) is 0 Å². The van der Waals surface area contributed by atoms with Crippen molar-refractivity contribution in [2.24, 2.45) is 0 Å². The minimum absolute atomic E-state index is 0.0264. The van der Waals surface area contributed by atoms with Crippen molar-refractivity contribution in [3.8, 4) is 0 Å². The van der Waals surface area contributed by atoms with Gasteiger partial charge in [-0.1, -0.05) is 6.92 Å². The highest BCUT2D eigenvalue weighted by molar-refractivity contribution is 5.64. The van der Waals surface area contributed by atoms with Gasteiger partial charge in [0.25, 0.3) is 5.56 Å². The fourth-order valence-corrected chi connectivity index (χ4v) is 1.44. The number of aromatic nitrogens is 2. The topological polar surface area (TPSA) is 125 Å². The van der Waals surface area contributed by atoms with Gasteiger partial charge in [-0.2, -0.15) is 4.98 Å². The predicted molar refractivity (Wildman–Crippen MR) is 69.6 cm³/mol. The Kier molecular flexibility index (Phi) is 5.40. The second-order valence-electron chi connectivity index (χ2n) is 3.56. The van der Waals surface area contributed by atoms with Gasteiger partial charge in [-0.25, -0.2) is 0 Å². The summed E-state index contributed by atoms with van der Waals surface area (Å²) in [6, 6.07) is 0. The summed E-state index contributed by atoms with van der Waals surface area (Å²) in [5.41, 5.74) is 5.42. The molecule has 1 aromatic rings. The zero-order valence-electron chi connectivity index (χ0n) is 10.5. The molecule has 8 nitrogen and oxygen atoms in total. The van der Waals surface area contributed by atoms with Crippen LogP contribution in [0.2, 0.25) is 0 Å². The minimum Gasteiger partial charge on any atom is -0.394 e. The summed E-state index contributed by atoms with van der Waals surface area (Å²) in [5, 5.41) is 14.4. The van der Waals surface area contributed by atoms with Gasteiger partial charge in [-0.05, 0) is 6.42 Å². The first-order valence-electron chi connectivity index (χ1n) is 5.68. The fourth-order valence-electron chi connectivity index (χ4n) is 1.44. The number of hydrogen-bond donors (Lipinski definition) is 5. The summed E-state index contributed by atoms with van der Waals surface area (Å²) in [5.74, 6) is 0.349. The molecule has 0 unspecified atom stereocenters. The third-order valence-corrected chi connectivity index (χ3v) is 2.27. The van der Waals surface area contributed by atoms with Crippen molar-refractivity contribution in [1.29, 1.82) is 0 Å². The van der Waals surface area contributed by atoms with Crippen LogP contribution in [0.1, 0.15) is 13.3 Å². The molecule has 8 heteroatoms. The Morgan fingerprint density at radius 2 is 2.33 bits per heavy atom. The molecule has 0 aliphatic heterocycles. The summed E-state index contributed by atoms with van der Waals surface area (Å²) in [4.78, 5) is 18.0. The van der Waals surface area contributed by atoms with Gasteiger partial charge in [0, 0.05) is 7.05 Å². The molecule has 0 saturated carbocycles. The molecule has 0 saturated heterocycles. The molecule has 102 valence electrons. The van der Waals surface area contributed by atoms with E-state index in [-0.39, 0.29) is 36.6 Å². The van der Waals surface area contributed by atoms with E-state index in [0.29, 0.717) is 12.2 Å². The molecule has 1 aromatic heterocycles. The summed E-state index contributed by atoms with van der Waals surface area (Å²) in [6.07, 6.45) is 0.301. The number of nitrogens with zero attached hydrogens (tertiary/aromatic N) is 1. The molecule has 0 bridgehead atoms. The molecule has 6 N–H and O–H groups in total. The molecule has 1 rings (SSSR count). The average molecular weight is 257 g/mol. The molecular formula is C10H19N5O3. The van der Waals surface area contributed by atoms with Gasteiger partial charge in [0.15, 0.2) is 5.82 Å². The number of H-pyrrole nitrogens is 1. The second-order valence-corrected chi connectivity index (χ2v) is 3.56. The molecule has 0 radical (unpaired) electrons. The molecule has 0 aliphatic carbocycles. The Morgan fingerprint density at radius 1 is 1.61 bits per heavy atom. The third-order valence-electron chi connectivity index (χ3n) is 2.27. The van der Waals surface area contributed by atoms with Crippen LogP contribution in [-0.2, 0) is 4.74 Å². The van der Waals surface area contributed by atoms with Gasteiger partial charge in [0.2, 0.25) is 5.95 Å². The Hall–Kier alpha value is -1.80. The third kappa shape index (κ3) is 3.60. The SMILES string of the molecule is CC[C@H](Nc1nc(N)[nH]c(=O)c1NC)OCCO. The molecule has 0 fully saturated rings. The monoisotopic (exact) mass is 257 g/mol. The van der Waals surface area contributed by atoms with E-state index in [1.807, 2.05) is 6.92 Å². The molecule has 1 heterocycles. The van der Waals surface area contributed by atoms with Crippen molar-refractivity contribution in [1.82, 2.24) is 9.97 Å². The zero-order chi connectivity index (χ0) is 13.5. The number of ether oxygens (including phenoxy) is 1. The van der Waals surface area contributed by atoms with Gasteiger partial charge in [0.05, 0.1) is 13.2 Å². The molecule has 0 aliphatic rings. The van der Waals surface area contributed by atoms with Crippen LogP contribution in [0.5, 0.6) is 0 Å². The van der Waals surface area contributed by atoms with E-state index in [4.69, 9.17) is 15.6 Å². The molecule has 0 amide bonds. The number of nitrogens with one attached hydrogen (secondary N) is 3. The van der Waals surface area contributed by atoms with Gasteiger partial charge in [0.1, 0.15) is 11.9 Å². The van der Waals surface area contributed by atoms with Crippen molar-refractivity contribution in [2.45, 2.75) is 19.6 Å². The Balaban J connectivity index is 2.90. The van der Waals surface area contributed by atoms with Gasteiger partial charge in [-0.15, -0.1) is 0 Å². The normalized spacial score (nSPS) is 12.2. The van der Waals surface area contributed by atoms with E-state index in [1.165, 1.54) is 0 Å². The number of anilines is 3. The van der Waals surface area contributed by atoms with Crippen LogP contribution in [0.3, 0.4) is 0 Å². The van der Waals surface area contributed by atoms with Crippen molar-refractivity contribution < 1.29 is 9.84 Å². The molecule has 1 atom stereocenters. The Morgan fingerprint density at radius 3 is 2.89 bits per heavy atom. The maximum absolute atomic E-state index is 11.6. The lowest BCUT2D eigenvalue weighted by atomic mass is 10.4. The summed E-state index contributed by atoms with van der Waals surface area (Å²) in [7, 11) is 1.61. The van der Waals surface area contributed by atoms with E-state index in [0.717, 1.165) is 0 Å². The number of hydrogen-bond acceptors (Lipinski definition) is 7. The number of aliphatic hydroxyl groups excluding tert-OH is 1. The quantitative estimate of drug-likeness (QED) is 0.419. The van der Waals surface area contributed by atoms with Crippen LogP contribution in [0.15, 0.2) is 4.79 Å². The molecular weight excluding hydrogens is 238 g/mol. The Bertz CT molecular complexity index is 434. The van der Waals surface area contributed by atoms with Crippen LogP contribution in [0, 0.1) is 0 Å². The van der Waals surface area contributed by atoms with Crippen LogP contribution in [0.4, 0.5) is 17.5 Å². The molecule has 0 aromatic carbocycles. The van der Waals surface area contributed by atoms with Crippen molar-refractivity contribution in [3.05, 3.63) is 10.4 Å². The first-order valence-corrected chi connectivity index (χ1v) is 5.68. The van der Waals surface area contributed by atoms with Crippen molar-refractivity contribution in [3.63, 3.8) is 0 Å². The number of aliphatic hydroxyl groups is 1. The maximum atomic E-state index is 11.6. The van der Waals surface area contributed by atoms with Gasteiger partial charge in [-0.3, -0.25) is 9.78 Å². The highest BCUT2D eigenvalue weighted by Gasteiger charge is 2.13.